The normalized spacial score (nSPS) is 15.6. The number of carbonyl (C=O) groups is 3. The maximum Gasteiger partial charge on any atom is 0.242 e. The lowest BCUT2D eigenvalue weighted by atomic mass is 9.97. The molecule has 2 aromatic carbocycles. The molecular weight excluding hydrogens is 530 g/mol. The van der Waals surface area contributed by atoms with E-state index in [1.54, 1.807) is 18.2 Å². The Morgan fingerprint density at radius 2 is 1.82 bits per heavy atom. The molecule has 2 atom stereocenters. The summed E-state index contributed by atoms with van der Waals surface area (Å²) in [6.45, 7) is 8.66. The molecule has 4 rings (SSSR count). The second kappa shape index (κ2) is 14.4. The van der Waals surface area contributed by atoms with Crippen molar-refractivity contribution >= 4 is 40.6 Å². The van der Waals surface area contributed by atoms with E-state index in [-0.39, 0.29) is 23.4 Å². The van der Waals surface area contributed by atoms with Crippen molar-refractivity contribution in [3.05, 3.63) is 70.4 Å². The van der Waals surface area contributed by atoms with Crippen LogP contribution in [0.2, 0.25) is 5.02 Å². The van der Waals surface area contributed by atoms with E-state index in [0.29, 0.717) is 60.5 Å². The van der Waals surface area contributed by atoms with E-state index >= 15 is 0 Å². The van der Waals surface area contributed by atoms with Gasteiger partial charge in [0.25, 0.3) is 0 Å². The van der Waals surface area contributed by atoms with Gasteiger partial charge in [-0.3, -0.25) is 24.6 Å². The zero-order chi connectivity index (χ0) is 28.5. The number of H-pyrrole nitrogens is 1. The Bertz CT molecular complexity index is 1290. The standard InChI is InChI=1S/C30H38ClN5O4/c1-20(2)16-25(29(38)32-10-11-36-12-14-40-15-13-36)35-28(30(39)33-18-21-6-4-3-5-7-21)27-23-9-8-22(31)17-24(23)34-26(27)19-37/h3-9,17,19-20,25,28,34-35H,10-16,18H2,1-2H3,(H,32,38)(H,33,39). The molecule has 1 aliphatic rings. The summed E-state index contributed by atoms with van der Waals surface area (Å²) in [7, 11) is 0. The third-order valence-electron chi connectivity index (χ3n) is 7.03. The number of benzene rings is 2. The van der Waals surface area contributed by atoms with Gasteiger partial charge in [0.2, 0.25) is 11.8 Å². The SMILES string of the molecule is CC(C)CC(NC(C(=O)NCc1ccccc1)c1c(C=O)[nH]c2cc(Cl)ccc12)C(=O)NCCN1CCOCC1. The number of nitrogens with zero attached hydrogens (tertiary/aromatic N) is 1. The van der Waals surface area contributed by atoms with Crippen molar-refractivity contribution in [1.82, 2.24) is 25.8 Å². The van der Waals surface area contributed by atoms with Crippen LogP contribution in [0.3, 0.4) is 0 Å². The second-order valence-electron chi connectivity index (χ2n) is 10.5. The number of halogens is 1. The van der Waals surface area contributed by atoms with Gasteiger partial charge in [-0.2, -0.15) is 0 Å². The number of aldehydes is 1. The van der Waals surface area contributed by atoms with Crippen LogP contribution in [0.5, 0.6) is 0 Å². The van der Waals surface area contributed by atoms with E-state index in [9.17, 15) is 14.4 Å². The van der Waals surface area contributed by atoms with Crippen molar-refractivity contribution < 1.29 is 19.1 Å². The van der Waals surface area contributed by atoms with Crippen LogP contribution >= 0.6 is 11.6 Å². The Kier molecular flexibility index (Phi) is 10.7. The number of ether oxygens (including phenoxy) is 1. The number of morpholine rings is 1. The highest BCUT2D eigenvalue weighted by atomic mass is 35.5. The predicted molar refractivity (Wildman–Crippen MR) is 156 cm³/mol. The molecule has 214 valence electrons. The van der Waals surface area contributed by atoms with Gasteiger partial charge >= 0.3 is 0 Å². The molecule has 2 heterocycles. The van der Waals surface area contributed by atoms with Crippen molar-refractivity contribution in [3.63, 3.8) is 0 Å². The number of hydrogen-bond acceptors (Lipinski definition) is 6. The molecule has 1 fully saturated rings. The van der Waals surface area contributed by atoms with Crippen LogP contribution in [-0.4, -0.2) is 73.4 Å². The average molecular weight is 568 g/mol. The number of rotatable bonds is 13. The van der Waals surface area contributed by atoms with Gasteiger partial charge < -0.3 is 20.4 Å². The smallest absolute Gasteiger partial charge is 0.242 e. The predicted octanol–water partition coefficient (Wildman–Crippen LogP) is 3.44. The van der Waals surface area contributed by atoms with Crippen molar-refractivity contribution in [2.24, 2.45) is 5.92 Å². The first-order valence-electron chi connectivity index (χ1n) is 13.8. The quantitative estimate of drug-likeness (QED) is 0.235. The highest BCUT2D eigenvalue weighted by Crippen LogP contribution is 2.30. The maximum atomic E-state index is 13.8. The highest BCUT2D eigenvalue weighted by Gasteiger charge is 2.32. The Balaban J connectivity index is 1.59. The lowest BCUT2D eigenvalue weighted by Gasteiger charge is -2.28. The minimum Gasteiger partial charge on any atom is -0.379 e. The molecule has 0 spiro atoms. The fourth-order valence-corrected chi connectivity index (χ4v) is 5.17. The van der Waals surface area contributed by atoms with E-state index in [1.165, 1.54) is 0 Å². The molecule has 2 amide bonds. The van der Waals surface area contributed by atoms with Crippen LogP contribution in [0, 0.1) is 5.92 Å². The first-order valence-corrected chi connectivity index (χ1v) is 14.1. The third kappa shape index (κ3) is 7.91. The van der Waals surface area contributed by atoms with Gasteiger partial charge in [0.05, 0.1) is 24.9 Å². The molecular formula is C30H38ClN5O4. The molecule has 2 unspecified atom stereocenters. The summed E-state index contributed by atoms with van der Waals surface area (Å²) in [5, 5.41) is 10.6. The van der Waals surface area contributed by atoms with Gasteiger partial charge in [0.1, 0.15) is 6.04 Å². The monoisotopic (exact) mass is 567 g/mol. The topological polar surface area (TPSA) is 116 Å². The van der Waals surface area contributed by atoms with Crippen molar-refractivity contribution in [3.8, 4) is 0 Å². The molecule has 1 aromatic heterocycles. The Morgan fingerprint density at radius 1 is 1.07 bits per heavy atom. The van der Waals surface area contributed by atoms with Gasteiger partial charge in [0.15, 0.2) is 6.29 Å². The molecule has 40 heavy (non-hydrogen) atoms. The summed E-state index contributed by atoms with van der Waals surface area (Å²) in [4.78, 5) is 44.7. The first-order chi connectivity index (χ1) is 19.4. The van der Waals surface area contributed by atoms with Crippen LogP contribution in [0.15, 0.2) is 48.5 Å². The Morgan fingerprint density at radius 3 is 2.52 bits per heavy atom. The second-order valence-corrected chi connectivity index (χ2v) is 10.9. The van der Waals surface area contributed by atoms with E-state index in [4.69, 9.17) is 16.3 Å². The molecule has 0 radical (unpaired) electrons. The zero-order valence-corrected chi connectivity index (χ0v) is 23.8. The van der Waals surface area contributed by atoms with Crippen molar-refractivity contribution in [1.29, 1.82) is 0 Å². The molecule has 9 nitrogen and oxygen atoms in total. The van der Waals surface area contributed by atoms with Crippen LogP contribution in [0.4, 0.5) is 0 Å². The summed E-state index contributed by atoms with van der Waals surface area (Å²) in [6, 6.07) is 13.2. The molecule has 0 bridgehead atoms. The molecule has 4 N–H and O–H groups in total. The van der Waals surface area contributed by atoms with Crippen LogP contribution < -0.4 is 16.0 Å². The summed E-state index contributed by atoms with van der Waals surface area (Å²) < 4.78 is 5.40. The molecule has 1 aliphatic heterocycles. The van der Waals surface area contributed by atoms with Gasteiger partial charge in [-0.25, -0.2) is 0 Å². The fourth-order valence-electron chi connectivity index (χ4n) is 5.00. The number of aromatic nitrogens is 1. The van der Waals surface area contributed by atoms with Crippen LogP contribution in [-0.2, 0) is 20.9 Å². The van der Waals surface area contributed by atoms with Gasteiger partial charge in [0, 0.05) is 54.2 Å². The van der Waals surface area contributed by atoms with Gasteiger partial charge in [-0.15, -0.1) is 0 Å². The number of carbonyl (C=O) groups excluding carboxylic acids is 3. The van der Waals surface area contributed by atoms with E-state index in [2.05, 4.69) is 25.8 Å². The number of aromatic amines is 1. The Labute approximate surface area is 240 Å². The number of fused-ring (bicyclic) bond motifs is 1. The number of amides is 2. The first kappa shape index (κ1) is 29.7. The van der Waals surface area contributed by atoms with Crippen molar-refractivity contribution in [2.75, 3.05) is 39.4 Å². The van der Waals surface area contributed by atoms with Gasteiger partial charge in [-0.05, 0) is 30.0 Å². The lowest BCUT2D eigenvalue weighted by Crippen LogP contribution is -2.51. The summed E-state index contributed by atoms with van der Waals surface area (Å²) in [6.07, 6.45) is 1.21. The van der Waals surface area contributed by atoms with E-state index < -0.39 is 12.1 Å². The average Bonchev–Trinajstić information content (AvgIpc) is 3.32. The van der Waals surface area contributed by atoms with E-state index in [0.717, 1.165) is 25.2 Å². The summed E-state index contributed by atoms with van der Waals surface area (Å²) in [5.74, 6) is -0.334. The Hall–Kier alpha value is -3.24. The maximum absolute atomic E-state index is 13.8. The minimum absolute atomic E-state index is 0.182. The summed E-state index contributed by atoms with van der Waals surface area (Å²) in [5.41, 5.74) is 2.33. The molecule has 0 aliphatic carbocycles. The van der Waals surface area contributed by atoms with Crippen LogP contribution in [0.25, 0.3) is 10.9 Å². The molecule has 0 saturated carbocycles. The molecule has 10 heteroatoms. The zero-order valence-electron chi connectivity index (χ0n) is 23.0. The summed E-state index contributed by atoms with van der Waals surface area (Å²) >= 11 is 6.20. The number of nitrogens with one attached hydrogen (secondary N) is 4. The van der Waals surface area contributed by atoms with E-state index in [1.807, 2.05) is 44.2 Å². The largest absolute Gasteiger partial charge is 0.379 e. The third-order valence-corrected chi connectivity index (χ3v) is 7.27. The van der Waals surface area contributed by atoms with Crippen molar-refractivity contribution in [2.45, 2.75) is 38.9 Å². The molecule has 3 aromatic rings. The number of hydrogen-bond donors (Lipinski definition) is 4. The minimum atomic E-state index is -0.965. The fraction of sp³-hybridized carbons (Fsp3) is 0.433. The van der Waals surface area contributed by atoms with Gasteiger partial charge in [-0.1, -0.05) is 61.8 Å². The van der Waals surface area contributed by atoms with Crippen LogP contribution in [0.1, 0.15) is 47.9 Å². The molecule has 1 saturated heterocycles. The highest BCUT2D eigenvalue weighted by molar-refractivity contribution is 6.31. The lowest BCUT2D eigenvalue weighted by molar-refractivity contribution is -0.126.